The van der Waals surface area contributed by atoms with Gasteiger partial charge < -0.3 is 5.32 Å². The molecule has 2 heterocycles. The van der Waals surface area contributed by atoms with Gasteiger partial charge in [-0.1, -0.05) is 0 Å². The maximum Gasteiger partial charge on any atom is 0.125 e. The maximum absolute atomic E-state index is 4.78. The lowest BCUT2D eigenvalue weighted by atomic mass is 9.98. The second-order valence-electron chi connectivity index (χ2n) is 4.46. The number of aryl methyl sites for hydroxylation is 1. The monoisotopic (exact) mass is 323 g/mol. The molecule has 18 heavy (non-hydrogen) atoms. The van der Waals surface area contributed by atoms with Gasteiger partial charge in [0, 0.05) is 33.3 Å². The number of nitrogens with zero attached hydrogens (tertiary/aromatic N) is 2. The molecule has 0 amide bonds. The van der Waals surface area contributed by atoms with Crippen molar-refractivity contribution in [3.05, 3.63) is 33.5 Å². The van der Waals surface area contributed by atoms with Gasteiger partial charge in [-0.25, -0.2) is 4.98 Å². The van der Waals surface area contributed by atoms with Crippen molar-refractivity contribution in [2.75, 3.05) is 7.05 Å². The molecule has 1 aliphatic carbocycles. The molecule has 1 aliphatic rings. The highest BCUT2D eigenvalue weighted by Gasteiger charge is 2.23. The lowest BCUT2D eigenvalue weighted by molar-refractivity contribution is 0.501. The standard InChI is InChI=1S/C13H14BrN3S/c1-15-10-3-2-4-11-12(10)18-13(17-11)8-5-9(14)7-16-6-8/h5-7,10,15H,2-4H2,1H3. The third-order valence-electron chi connectivity index (χ3n) is 3.25. The molecule has 94 valence electrons. The molecule has 0 aliphatic heterocycles. The van der Waals surface area contributed by atoms with Crippen LogP contribution in [0.25, 0.3) is 10.6 Å². The van der Waals surface area contributed by atoms with Crippen molar-refractivity contribution in [1.82, 2.24) is 15.3 Å². The zero-order chi connectivity index (χ0) is 12.5. The average molecular weight is 324 g/mol. The molecule has 5 heteroatoms. The zero-order valence-corrected chi connectivity index (χ0v) is 12.5. The van der Waals surface area contributed by atoms with Gasteiger partial charge in [0.25, 0.3) is 0 Å². The highest BCUT2D eigenvalue weighted by Crippen LogP contribution is 2.37. The number of aromatic nitrogens is 2. The predicted octanol–water partition coefficient (Wildman–Crippen LogP) is 3.56. The quantitative estimate of drug-likeness (QED) is 0.918. The summed E-state index contributed by atoms with van der Waals surface area (Å²) in [6, 6.07) is 2.55. The van der Waals surface area contributed by atoms with E-state index in [4.69, 9.17) is 4.98 Å². The van der Waals surface area contributed by atoms with Gasteiger partial charge in [0.05, 0.1) is 5.69 Å². The van der Waals surface area contributed by atoms with Gasteiger partial charge in [-0.15, -0.1) is 11.3 Å². The van der Waals surface area contributed by atoms with Gasteiger partial charge in [-0.3, -0.25) is 4.98 Å². The van der Waals surface area contributed by atoms with Crippen LogP contribution in [-0.2, 0) is 6.42 Å². The first-order valence-electron chi connectivity index (χ1n) is 6.05. The molecule has 0 bridgehead atoms. The van der Waals surface area contributed by atoms with Gasteiger partial charge >= 0.3 is 0 Å². The first-order valence-corrected chi connectivity index (χ1v) is 7.66. The second-order valence-corrected chi connectivity index (χ2v) is 6.40. The van der Waals surface area contributed by atoms with E-state index in [1.807, 2.05) is 13.2 Å². The minimum absolute atomic E-state index is 0.472. The van der Waals surface area contributed by atoms with Crippen molar-refractivity contribution >= 4 is 27.3 Å². The van der Waals surface area contributed by atoms with Gasteiger partial charge in [-0.05, 0) is 48.3 Å². The first kappa shape index (κ1) is 12.3. The molecule has 3 rings (SSSR count). The Balaban J connectivity index is 2.02. The van der Waals surface area contributed by atoms with E-state index in [2.05, 4.69) is 32.3 Å². The van der Waals surface area contributed by atoms with Crippen LogP contribution in [0.15, 0.2) is 22.9 Å². The van der Waals surface area contributed by atoms with Gasteiger partial charge in [0.2, 0.25) is 0 Å². The van der Waals surface area contributed by atoms with Gasteiger partial charge in [0.1, 0.15) is 5.01 Å². The van der Waals surface area contributed by atoms with E-state index in [1.54, 1.807) is 17.5 Å². The highest BCUT2D eigenvalue weighted by molar-refractivity contribution is 9.10. The molecule has 0 radical (unpaired) electrons. The Labute approximate surface area is 119 Å². The van der Waals surface area contributed by atoms with Crippen molar-refractivity contribution < 1.29 is 0 Å². The largest absolute Gasteiger partial charge is 0.312 e. The minimum Gasteiger partial charge on any atom is -0.312 e. The number of hydrogen-bond donors (Lipinski definition) is 1. The van der Waals surface area contributed by atoms with Crippen molar-refractivity contribution in [1.29, 1.82) is 0 Å². The molecule has 0 saturated heterocycles. The number of pyridine rings is 1. The van der Waals surface area contributed by atoms with Crippen LogP contribution in [0.4, 0.5) is 0 Å². The van der Waals surface area contributed by atoms with E-state index in [-0.39, 0.29) is 0 Å². The maximum atomic E-state index is 4.78. The van der Waals surface area contributed by atoms with Crippen LogP contribution in [0.3, 0.4) is 0 Å². The van der Waals surface area contributed by atoms with Crippen molar-refractivity contribution in [2.45, 2.75) is 25.3 Å². The summed E-state index contributed by atoms with van der Waals surface area (Å²) in [5.41, 5.74) is 2.36. The molecule has 2 aromatic heterocycles. The zero-order valence-electron chi connectivity index (χ0n) is 10.1. The molecule has 0 fully saturated rings. The van der Waals surface area contributed by atoms with E-state index in [9.17, 15) is 0 Å². The predicted molar refractivity (Wildman–Crippen MR) is 77.8 cm³/mol. The fraction of sp³-hybridized carbons (Fsp3) is 0.385. The summed E-state index contributed by atoms with van der Waals surface area (Å²) in [5.74, 6) is 0. The molecule has 1 unspecified atom stereocenters. The molecule has 0 saturated carbocycles. The van der Waals surface area contributed by atoms with Crippen LogP contribution in [0.1, 0.15) is 29.5 Å². The topological polar surface area (TPSA) is 37.8 Å². The Morgan fingerprint density at radius 1 is 1.44 bits per heavy atom. The van der Waals surface area contributed by atoms with Gasteiger partial charge in [0.15, 0.2) is 0 Å². The molecule has 2 aromatic rings. The molecular formula is C13H14BrN3S. The summed E-state index contributed by atoms with van der Waals surface area (Å²) in [7, 11) is 2.03. The van der Waals surface area contributed by atoms with Crippen LogP contribution in [0.5, 0.6) is 0 Å². The van der Waals surface area contributed by atoms with Gasteiger partial charge in [-0.2, -0.15) is 0 Å². The number of rotatable bonds is 2. The van der Waals surface area contributed by atoms with E-state index in [0.29, 0.717) is 6.04 Å². The summed E-state index contributed by atoms with van der Waals surface area (Å²) in [5, 5.41) is 4.46. The smallest absolute Gasteiger partial charge is 0.125 e. The van der Waals surface area contributed by atoms with E-state index >= 15 is 0 Å². The van der Waals surface area contributed by atoms with Crippen LogP contribution in [-0.4, -0.2) is 17.0 Å². The molecular weight excluding hydrogens is 310 g/mol. The third-order valence-corrected chi connectivity index (χ3v) is 4.94. The van der Waals surface area contributed by atoms with Crippen molar-refractivity contribution in [3.63, 3.8) is 0 Å². The normalized spacial score (nSPS) is 18.7. The summed E-state index contributed by atoms with van der Waals surface area (Å²) in [4.78, 5) is 10.4. The Kier molecular flexibility index (Phi) is 3.46. The Hall–Kier alpha value is -0.780. The number of nitrogens with one attached hydrogen (secondary N) is 1. The summed E-state index contributed by atoms with van der Waals surface area (Å²) in [6.45, 7) is 0. The molecule has 1 N–H and O–H groups in total. The van der Waals surface area contributed by atoms with E-state index in [0.717, 1.165) is 21.5 Å². The average Bonchev–Trinajstić information content (AvgIpc) is 2.82. The fourth-order valence-corrected chi connectivity index (χ4v) is 3.95. The first-order chi connectivity index (χ1) is 8.78. The summed E-state index contributed by atoms with van der Waals surface area (Å²) < 4.78 is 0.998. The number of thiazole rings is 1. The Bertz CT molecular complexity index is 567. The SMILES string of the molecule is CNC1CCCc2nc(-c3cncc(Br)c3)sc21. The molecule has 0 spiro atoms. The number of hydrogen-bond acceptors (Lipinski definition) is 4. The minimum atomic E-state index is 0.472. The number of halogens is 1. The van der Waals surface area contributed by atoms with Crippen molar-refractivity contribution in [2.24, 2.45) is 0 Å². The molecule has 0 aromatic carbocycles. The lowest BCUT2D eigenvalue weighted by Crippen LogP contribution is -2.19. The number of fused-ring (bicyclic) bond motifs is 1. The highest BCUT2D eigenvalue weighted by atomic mass is 79.9. The van der Waals surface area contributed by atoms with E-state index < -0.39 is 0 Å². The third kappa shape index (κ3) is 2.22. The van der Waals surface area contributed by atoms with Crippen molar-refractivity contribution in [3.8, 4) is 10.6 Å². The van der Waals surface area contributed by atoms with Crippen LogP contribution in [0.2, 0.25) is 0 Å². The Morgan fingerprint density at radius 2 is 2.33 bits per heavy atom. The molecule has 3 nitrogen and oxygen atoms in total. The van der Waals surface area contributed by atoms with Crippen LogP contribution < -0.4 is 5.32 Å². The Morgan fingerprint density at radius 3 is 3.11 bits per heavy atom. The second kappa shape index (κ2) is 5.07. The fourth-order valence-electron chi connectivity index (χ4n) is 2.35. The van der Waals surface area contributed by atoms with E-state index in [1.165, 1.54) is 23.4 Å². The van der Waals surface area contributed by atoms with Crippen LogP contribution >= 0.6 is 27.3 Å². The lowest BCUT2D eigenvalue weighted by Gasteiger charge is -2.19. The van der Waals surface area contributed by atoms with Crippen LogP contribution in [0, 0.1) is 0 Å². The molecule has 1 atom stereocenters. The summed E-state index contributed by atoms with van der Waals surface area (Å²) >= 11 is 5.25. The summed E-state index contributed by atoms with van der Waals surface area (Å²) in [6.07, 6.45) is 7.21.